The van der Waals surface area contributed by atoms with E-state index in [1.807, 2.05) is 24.3 Å². The first-order valence-electron chi connectivity index (χ1n) is 6.20. The second kappa shape index (κ2) is 6.89. The molecule has 0 bridgehead atoms. The number of aromatic nitrogens is 1. The molecule has 0 aliphatic carbocycles. The zero-order valence-electron chi connectivity index (χ0n) is 11.1. The summed E-state index contributed by atoms with van der Waals surface area (Å²) in [5.74, 6) is 0. The van der Waals surface area contributed by atoms with E-state index in [2.05, 4.69) is 22.2 Å². The maximum atomic E-state index is 5.89. The molecule has 0 saturated carbocycles. The van der Waals surface area contributed by atoms with Crippen LogP contribution in [0.3, 0.4) is 0 Å². The summed E-state index contributed by atoms with van der Waals surface area (Å²) in [6.45, 7) is 3.86. The maximum Gasteiger partial charge on any atom is 0.339 e. The predicted octanol–water partition coefficient (Wildman–Crippen LogP) is 3.78. The standard InChI is InChI=1S/C14H17ClN2OS/c1-11-10-19-14(17(11)8-3-9-18-2)16-13-6-4-12(15)5-7-13/h4-7,10H,3,8-9H2,1-2H3/p+1. The van der Waals surface area contributed by atoms with Crippen LogP contribution in [0, 0.1) is 6.92 Å². The van der Waals surface area contributed by atoms with Gasteiger partial charge < -0.3 is 4.74 Å². The van der Waals surface area contributed by atoms with Gasteiger partial charge in [0.25, 0.3) is 0 Å². The number of halogens is 1. The highest BCUT2D eigenvalue weighted by Crippen LogP contribution is 2.21. The first-order chi connectivity index (χ1) is 9.20. The summed E-state index contributed by atoms with van der Waals surface area (Å²) in [4.78, 5) is 0. The van der Waals surface area contributed by atoms with E-state index in [1.165, 1.54) is 5.69 Å². The Morgan fingerprint density at radius 3 is 2.74 bits per heavy atom. The van der Waals surface area contributed by atoms with E-state index in [-0.39, 0.29) is 0 Å². The van der Waals surface area contributed by atoms with Crippen molar-refractivity contribution in [2.75, 3.05) is 19.0 Å². The fraction of sp³-hybridized carbons (Fsp3) is 0.357. The molecule has 0 saturated heterocycles. The smallest absolute Gasteiger partial charge is 0.339 e. The highest BCUT2D eigenvalue weighted by Gasteiger charge is 2.15. The van der Waals surface area contributed by atoms with Crippen molar-refractivity contribution in [1.29, 1.82) is 0 Å². The Balaban J connectivity index is 2.09. The zero-order valence-corrected chi connectivity index (χ0v) is 12.7. The Morgan fingerprint density at radius 2 is 2.05 bits per heavy atom. The van der Waals surface area contributed by atoms with Gasteiger partial charge in [0.2, 0.25) is 0 Å². The van der Waals surface area contributed by atoms with Crippen molar-refractivity contribution in [2.24, 2.45) is 0 Å². The van der Waals surface area contributed by atoms with E-state index in [1.54, 1.807) is 18.4 Å². The van der Waals surface area contributed by atoms with Crippen LogP contribution in [0.25, 0.3) is 0 Å². The summed E-state index contributed by atoms with van der Waals surface area (Å²) < 4.78 is 7.38. The van der Waals surface area contributed by atoms with Crippen LogP contribution in [-0.2, 0) is 11.3 Å². The van der Waals surface area contributed by atoms with Gasteiger partial charge in [0.05, 0.1) is 6.54 Å². The summed E-state index contributed by atoms with van der Waals surface area (Å²) in [6.07, 6.45) is 1.01. The SMILES string of the molecule is COCCC[n+]1c(C)csc1Nc1ccc(Cl)cc1. The molecule has 1 heterocycles. The van der Waals surface area contributed by atoms with Gasteiger partial charge in [0.15, 0.2) is 0 Å². The van der Waals surface area contributed by atoms with Crippen molar-refractivity contribution in [3.63, 3.8) is 0 Å². The minimum absolute atomic E-state index is 0.751. The van der Waals surface area contributed by atoms with Gasteiger partial charge in [0.1, 0.15) is 11.4 Å². The highest BCUT2D eigenvalue weighted by atomic mass is 35.5. The summed E-state index contributed by atoms with van der Waals surface area (Å²) >= 11 is 7.60. The van der Waals surface area contributed by atoms with Gasteiger partial charge in [-0.25, -0.2) is 9.88 Å². The third-order valence-corrected chi connectivity index (χ3v) is 4.09. The molecule has 0 unspecified atom stereocenters. The topological polar surface area (TPSA) is 25.1 Å². The van der Waals surface area contributed by atoms with Crippen LogP contribution in [0.2, 0.25) is 5.02 Å². The van der Waals surface area contributed by atoms with Crippen LogP contribution in [0.1, 0.15) is 12.1 Å². The molecule has 1 N–H and O–H groups in total. The lowest BCUT2D eigenvalue weighted by atomic mass is 10.3. The molecule has 2 rings (SSSR count). The summed E-state index contributed by atoms with van der Waals surface area (Å²) in [7, 11) is 1.73. The Hall–Kier alpha value is -1.10. The van der Waals surface area contributed by atoms with E-state index in [0.717, 1.165) is 35.4 Å². The average Bonchev–Trinajstić information content (AvgIpc) is 2.74. The van der Waals surface area contributed by atoms with E-state index in [0.29, 0.717) is 0 Å². The van der Waals surface area contributed by atoms with Crippen molar-refractivity contribution in [2.45, 2.75) is 19.9 Å². The molecule has 0 atom stereocenters. The number of nitrogens with zero attached hydrogens (tertiary/aromatic N) is 1. The molecule has 3 nitrogen and oxygen atoms in total. The number of hydrogen-bond donors (Lipinski definition) is 1. The lowest BCUT2D eigenvalue weighted by molar-refractivity contribution is -0.685. The second-order valence-electron chi connectivity index (χ2n) is 4.31. The lowest BCUT2D eigenvalue weighted by Crippen LogP contribution is -2.37. The van der Waals surface area contributed by atoms with Crippen LogP contribution < -0.4 is 9.88 Å². The molecular formula is C14H18ClN2OS+. The Kier molecular flexibility index (Phi) is 5.19. The van der Waals surface area contributed by atoms with Crippen LogP contribution in [-0.4, -0.2) is 13.7 Å². The molecule has 0 aliphatic heterocycles. The van der Waals surface area contributed by atoms with Crippen molar-refractivity contribution < 1.29 is 9.30 Å². The Bertz CT molecular complexity index is 525. The number of methoxy groups -OCH3 is 1. The van der Waals surface area contributed by atoms with E-state index in [9.17, 15) is 0 Å². The molecule has 0 radical (unpaired) electrons. The Labute approximate surface area is 122 Å². The van der Waals surface area contributed by atoms with Gasteiger partial charge in [-0.2, -0.15) is 0 Å². The van der Waals surface area contributed by atoms with E-state index >= 15 is 0 Å². The average molecular weight is 298 g/mol. The molecule has 0 amide bonds. The summed E-state index contributed by atoms with van der Waals surface area (Å²) in [5.41, 5.74) is 2.31. The fourth-order valence-corrected chi connectivity index (χ4v) is 2.90. The van der Waals surface area contributed by atoms with Crippen LogP contribution in [0.5, 0.6) is 0 Å². The first kappa shape index (κ1) is 14.3. The quantitative estimate of drug-likeness (QED) is 0.648. The van der Waals surface area contributed by atoms with Crippen LogP contribution in [0.4, 0.5) is 10.8 Å². The number of anilines is 2. The number of hydrogen-bond acceptors (Lipinski definition) is 3. The predicted molar refractivity (Wildman–Crippen MR) is 80.5 cm³/mol. The number of ether oxygens (including phenoxy) is 1. The molecule has 102 valence electrons. The zero-order chi connectivity index (χ0) is 13.7. The normalized spacial score (nSPS) is 10.7. The largest absolute Gasteiger partial charge is 0.385 e. The number of nitrogens with one attached hydrogen (secondary N) is 1. The second-order valence-corrected chi connectivity index (χ2v) is 5.61. The van der Waals surface area contributed by atoms with Crippen molar-refractivity contribution in [1.82, 2.24) is 0 Å². The van der Waals surface area contributed by atoms with E-state index in [4.69, 9.17) is 16.3 Å². The van der Waals surface area contributed by atoms with Crippen molar-refractivity contribution >= 4 is 33.8 Å². The molecular weight excluding hydrogens is 280 g/mol. The van der Waals surface area contributed by atoms with Crippen molar-refractivity contribution in [3.8, 4) is 0 Å². The van der Waals surface area contributed by atoms with Gasteiger partial charge in [-0.3, -0.25) is 0 Å². The van der Waals surface area contributed by atoms with Gasteiger partial charge in [-0.05, 0) is 31.2 Å². The lowest BCUT2D eigenvalue weighted by Gasteiger charge is -2.04. The van der Waals surface area contributed by atoms with Gasteiger partial charge in [0, 0.05) is 30.5 Å². The number of aryl methyl sites for hydroxylation is 1. The van der Waals surface area contributed by atoms with Gasteiger partial charge in [-0.1, -0.05) is 22.9 Å². The Morgan fingerprint density at radius 1 is 1.32 bits per heavy atom. The van der Waals surface area contributed by atoms with E-state index < -0.39 is 0 Å². The maximum absolute atomic E-state index is 5.89. The summed E-state index contributed by atoms with van der Waals surface area (Å²) in [6, 6.07) is 7.74. The molecule has 2 aromatic rings. The van der Waals surface area contributed by atoms with Gasteiger partial charge >= 0.3 is 5.13 Å². The first-order valence-corrected chi connectivity index (χ1v) is 7.46. The monoisotopic (exact) mass is 297 g/mol. The number of thiazole rings is 1. The molecule has 0 spiro atoms. The van der Waals surface area contributed by atoms with Crippen LogP contribution in [0.15, 0.2) is 29.6 Å². The number of benzene rings is 1. The summed E-state index contributed by atoms with van der Waals surface area (Å²) in [5, 5.41) is 7.47. The fourth-order valence-electron chi connectivity index (χ4n) is 1.83. The molecule has 5 heteroatoms. The van der Waals surface area contributed by atoms with Crippen LogP contribution >= 0.6 is 22.9 Å². The molecule has 1 aromatic heterocycles. The third-order valence-electron chi connectivity index (χ3n) is 2.84. The minimum atomic E-state index is 0.751. The highest BCUT2D eigenvalue weighted by molar-refractivity contribution is 7.13. The minimum Gasteiger partial charge on any atom is -0.385 e. The molecule has 0 fully saturated rings. The number of rotatable bonds is 6. The molecule has 19 heavy (non-hydrogen) atoms. The molecule has 0 aliphatic rings. The molecule has 1 aromatic carbocycles. The third kappa shape index (κ3) is 3.93. The van der Waals surface area contributed by atoms with Crippen molar-refractivity contribution in [3.05, 3.63) is 40.4 Å². The van der Waals surface area contributed by atoms with Gasteiger partial charge in [-0.15, -0.1) is 0 Å².